The summed E-state index contributed by atoms with van der Waals surface area (Å²) in [6, 6.07) is 13.4. The van der Waals surface area contributed by atoms with Gasteiger partial charge >= 0.3 is 5.97 Å². The molecule has 0 heterocycles. The molecule has 2 atom stereocenters. The van der Waals surface area contributed by atoms with E-state index in [-0.39, 0.29) is 12.1 Å². The fraction of sp³-hybridized carbons (Fsp3) is 0.353. The average Bonchev–Trinajstić information content (AvgIpc) is 2.49. The van der Waals surface area contributed by atoms with Gasteiger partial charge in [0.05, 0.1) is 11.7 Å². The smallest absolute Gasteiger partial charge is 0.338 e. The number of hydrogen-bond acceptors (Lipinski definition) is 3. The Morgan fingerprint density at radius 1 is 1.05 bits per heavy atom. The van der Waals surface area contributed by atoms with Crippen molar-refractivity contribution in [2.45, 2.75) is 37.9 Å². The Bertz CT molecular complexity index is 620. The van der Waals surface area contributed by atoms with Crippen LogP contribution in [0.25, 0.3) is 10.8 Å². The van der Waals surface area contributed by atoms with E-state index in [0.29, 0.717) is 5.56 Å². The van der Waals surface area contributed by atoms with E-state index in [0.717, 1.165) is 36.5 Å². The molecule has 3 nitrogen and oxygen atoms in total. The Morgan fingerprint density at radius 2 is 1.80 bits per heavy atom. The number of hydrogen-bond donors (Lipinski definition) is 1. The summed E-state index contributed by atoms with van der Waals surface area (Å²) in [5, 5.41) is 12.0. The first-order valence-corrected chi connectivity index (χ1v) is 7.12. The molecule has 0 amide bonds. The summed E-state index contributed by atoms with van der Waals surface area (Å²) in [5.74, 6) is -0.346. The molecule has 1 saturated carbocycles. The predicted molar refractivity (Wildman–Crippen MR) is 77.6 cm³/mol. The number of aliphatic hydroxyl groups excluding tert-OH is 1. The van der Waals surface area contributed by atoms with Gasteiger partial charge in [-0.05, 0) is 42.2 Å². The van der Waals surface area contributed by atoms with Gasteiger partial charge in [-0.1, -0.05) is 36.8 Å². The largest absolute Gasteiger partial charge is 0.456 e. The van der Waals surface area contributed by atoms with E-state index in [1.54, 1.807) is 6.07 Å². The van der Waals surface area contributed by atoms with Gasteiger partial charge in [0.2, 0.25) is 0 Å². The summed E-state index contributed by atoms with van der Waals surface area (Å²) >= 11 is 0. The van der Waals surface area contributed by atoms with Crippen molar-refractivity contribution in [3.63, 3.8) is 0 Å². The van der Waals surface area contributed by atoms with E-state index in [4.69, 9.17) is 4.74 Å². The van der Waals surface area contributed by atoms with Gasteiger partial charge in [0.1, 0.15) is 6.10 Å². The molecule has 104 valence electrons. The zero-order chi connectivity index (χ0) is 13.9. The van der Waals surface area contributed by atoms with Gasteiger partial charge in [0.25, 0.3) is 0 Å². The lowest BCUT2D eigenvalue weighted by atomic mass is 9.95. The molecule has 0 saturated heterocycles. The number of carbonyl (C=O) groups is 1. The Morgan fingerprint density at radius 3 is 2.60 bits per heavy atom. The minimum atomic E-state index is -0.520. The number of esters is 1. The Kier molecular flexibility index (Phi) is 3.70. The minimum Gasteiger partial charge on any atom is -0.456 e. The summed E-state index contributed by atoms with van der Waals surface area (Å²) < 4.78 is 5.45. The molecule has 1 aliphatic carbocycles. The van der Waals surface area contributed by atoms with Crippen LogP contribution in [0.15, 0.2) is 42.5 Å². The first kappa shape index (κ1) is 13.1. The molecule has 0 unspecified atom stereocenters. The number of carbonyl (C=O) groups excluding carboxylic acids is 1. The zero-order valence-electron chi connectivity index (χ0n) is 11.3. The van der Waals surface area contributed by atoms with Crippen LogP contribution in [0.4, 0.5) is 0 Å². The van der Waals surface area contributed by atoms with Crippen LogP contribution in [-0.2, 0) is 4.74 Å². The van der Waals surface area contributed by atoms with Gasteiger partial charge in [-0.2, -0.15) is 0 Å². The van der Waals surface area contributed by atoms with Crippen molar-refractivity contribution >= 4 is 16.7 Å². The molecule has 0 aliphatic heterocycles. The molecular weight excluding hydrogens is 252 g/mol. The molecule has 0 radical (unpaired) electrons. The standard InChI is InChI=1S/C17H18O3/c18-15-7-3-4-8-16(15)20-17(19)14-10-9-12-5-1-2-6-13(12)11-14/h1-2,5-6,9-11,15-16,18H,3-4,7-8H2/t15-,16+/m0/s1. The Labute approximate surface area is 118 Å². The second-order valence-corrected chi connectivity index (χ2v) is 5.36. The molecule has 0 bridgehead atoms. The van der Waals surface area contributed by atoms with Crippen LogP contribution in [0, 0.1) is 0 Å². The van der Waals surface area contributed by atoms with Crippen molar-refractivity contribution in [3.8, 4) is 0 Å². The fourth-order valence-corrected chi connectivity index (χ4v) is 2.74. The van der Waals surface area contributed by atoms with E-state index < -0.39 is 6.10 Å². The molecular formula is C17H18O3. The summed E-state index contributed by atoms with van der Waals surface area (Å²) in [7, 11) is 0. The number of aliphatic hydroxyl groups is 1. The van der Waals surface area contributed by atoms with Gasteiger partial charge in [-0.15, -0.1) is 0 Å². The van der Waals surface area contributed by atoms with E-state index in [2.05, 4.69) is 0 Å². The maximum Gasteiger partial charge on any atom is 0.338 e. The molecule has 3 heteroatoms. The summed E-state index contributed by atoms with van der Waals surface area (Å²) in [5.41, 5.74) is 0.543. The number of fused-ring (bicyclic) bond motifs is 1. The van der Waals surface area contributed by atoms with Gasteiger partial charge in [-0.3, -0.25) is 0 Å². The van der Waals surface area contributed by atoms with Crippen molar-refractivity contribution in [2.75, 3.05) is 0 Å². The van der Waals surface area contributed by atoms with Crippen LogP contribution in [0.5, 0.6) is 0 Å². The summed E-state index contributed by atoms with van der Waals surface area (Å²) in [6.07, 6.45) is 2.60. The first-order valence-electron chi connectivity index (χ1n) is 7.12. The highest BCUT2D eigenvalue weighted by molar-refractivity contribution is 5.95. The quantitative estimate of drug-likeness (QED) is 0.852. The lowest BCUT2D eigenvalue weighted by molar-refractivity contribution is -0.0360. The van der Waals surface area contributed by atoms with Crippen LogP contribution in [-0.4, -0.2) is 23.3 Å². The molecule has 1 fully saturated rings. The number of benzene rings is 2. The molecule has 2 aromatic carbocycles. The summed E-state index contributed by atoms with van der Waals surface area (Å²) in [6.45, 7) is 0. The maximum absolute atomic E-state index is 12.2. The first-order chi connectivity index (χ1) is 9.74. The maximum atomic E-state index is 12.2. The lowest BCUT2D eigenvalue weighted by Gasteiger charge is -2.27. The molecule has 0 spiro atoms. The third kappa shape index (κ3) is 2.68. The summed E-state index contributed by atoms with van der Waals surface area (Å²) in [4.78, 5) is 12.2. The van der Waals surface area contributed by atoms with Crippen LogP contribution in [0.2, 0.25) is 0 Å². The minimum absolute atomic E-state index is 0.346. The Balaban J connectivity index is 1.78. The molecule has 1 N–H and O–H groups in total. The predicted octanol–water partition coefficient (Wildman–Crippen LogP) is 3.30. The van der Waals surface area contributed by atoms with Crippen molar-refractivity contribution in [1.29, 1.82) is 0 Å². The normalized spacial score (nSPS) is 22.6. The molecule has 1 aliphatic rings. The van der Waals surface area contributed by atoms with Crippen molar-refractivity contribution in [3.05, 3.63) is 48.0 Å². The van der Waals surface area contributed by atoms with E-state index >= 15 is 0 Å². The van der Waals surface area contributed by atoms with Crippen molar-refractivity contribution < 1.29 is 14.6 Å². The van der Waals surface area contributed by atoms with Crippen LogP contribution in [0.3, 0.4) is 0 Å². The second-order valence-electron chi connectivity index (χ2n) is 5.36. The highest BCUT2D eigenvalue weighted by atomic mass is 16.6. The molecule has 0 aromatic heterocycles. The second kappa shape index (κ2) is 5.63. The van der Waals surface area contributed by atoms with Crippen LogP contribution < -0.4 is 0 Å². The lowest BCUT2D eigenvalue weighted by Crippen LogP contribution is -2.34. The van der Waals surface area contributed by atoms with Gasteiger partial charge in [0.15, 0.2) is 0 Å². The van der Waals surface area contributed by atoms with Crippen LogP contribution >= 0.6 is 0 Å². The molecule has 2 aromatic rings. The Hall–Kier alpha value is -1.87. The third-order valence-electron chi connectivity index (χ3n) is 3.91. The fourth-order valence-electron chi connectivity index (χ4n) is 2.74. The molecule has 20 heavy (non-hydrogen) atoms. The van der Waals surface area contributed by atoms with Gasteiger partial charge < -0.3 is 9.84 Å². The van der Waals surface area contributed by atoms with Gasteiger partial charge in [-0.25, -0.2) is 4.79 Å². The molecule has 3 rings (SSSR count). The topological polar surface area (TPSA) is 46.5 Å². The third-order valence-corrected chi connectivity index (χ3v) is 3.91. The van der Waals surface area contributed by atoms with E-state index in [9.17, 15) is 9.90 Å². The zero-order valence-corrected chi connectivity index (χ0v) is 11.3. The van der Waals surface area contributed by atoms with Crippen molar-refractivity contribution in [1.82, 2.24) is 0 Å². The van der Waals surface area contributed by atoms with E-state index in [1.165, 1.54) is 0 Å². The van der Waals surface area contributed by atoms with E-state index in [1.807, 2.05) is 36.4 Å². The average molecular weight is 270 g/mol. The monoisotopic (exact) mass is 270 g/mol. The van der Waals surface area contributed by atoms with Crippen molar-refractivity contribution in [2.24, 2.45) is 0 Å². The van der Waals surface area contributed by atoms with Crippen LogP contribution in [0.1, 0.15) is 36.0 Å². The van der Waals surface area contributed by atoms with Gasteiger partial charge in [0, 0.05) is 0 Å². The highest BCUT2D eigenvalue weighted by Crippen LogP contribution is 2.23. The number of rotatable bonds is 2. The SMILES string of the molecule is O=C(O[C@@H]1CCCC[C@@H]1O)c1ccc2ccccc2c1. The number of ether oxygens (including phenoxy) is 1. The highest BCUT2D eigenvalue weighted by Gasteiger charge is 2.26.